The van der Waals surface area contributed by atoms with Gasteiger partial charge in [0.25, 0.3) is 0 Å². The van der Waals surface area contributed by atoms with Crippen LogP contribution in [0.2, 0.25) is 0 Å². The van der Waals surface area contributed by atoms with Gasteiger partial charge in [0.15, 0.2) is 0 Å². The third kappa shape index (κ3) is 6.19. The molecule has 1 unspecified atom stereocenters. The zero-order valence-corrected chi connectivity index (χ0v) is 14.1. The summed E-state index contributed by atoms with van der Waals surface area (Å²) in [6, 6.07) is 10.1. The van der Waals surface area contributed by atoms with E-state index in [9.17, 15) is 0 Å². The zero-order chi connectivity index (χ0) is 15.1. The van der Waals surface area contributed by atoms with Crippen molar-refractivity contribution in [1.82, 2.24) is 10.2 Å². The van der Waals surface area contributed by atoms with Gasteiger partial charge in [-0.25, -0.2) is 0 Å². The predicted molar refractivity (Wildman–Crippen MR) is 91.6 cm³/mol. The molecule has 1 atom stereocenters. The fourth-order valence-corrected chi connectivity index (χ4v) is 2.65. The molecule has 1 N–H and O–H groups in total. The molecule has 0 saturated heterocycles. The van der Waals surface area contributed by atoms with Gasteiger partial charge in [-0.15, -0.1) is 0 Å². The van der Waals surface area contributed by atoms with Gasteiger partial charge < -0.3 is 5.32 Å². The van der Waals surface area contributed by atoms with Gasteiger partial charge in [0, 0.05) is 19.1 Å². The van der Waals surface area contributed by atoms with Crippen LogP contribution >= 0.6 is 0 Å². The number of hydrogen-bond donors (Lipinski definition) is 1. The lowest BCUT2D eigenvalue weighted by Gasteiger charge is -2.23. The Labute approximate surface area is 130 Å². The summed E-state index contributed by atoms with van der Waals surface area (Å²) in [6.45, 7) is 11.4. The van der Waals surface area contributed by atoms with Crippen molar-refractivity contribution < 1.29 is 0 Å². The molecule has 1 aromatic carbocycles. The maximum Gasteiger partial charge on any atom is 0.0233 e. The first-order valence-corrected chi connectivity index (χ1v) is 8.74. The molecule has 0 spiro atoms. The normalized spacial score (nSPS) is 16.4. The van der Waals surface area contributed by atoms with Crippen molar-refractivity contribution in [2.24, 2.45) is 5.92 Å². The van der Waals surface area contributed by atoms with Gasteiger partial charge in [-0.1, -0.05) is 51.5 Å². The van der Waals surface area contributed by atoms with Crippen LogP contribution in [0.15, 0.2) is 24.3 Å². The maximum atomic E-state index is 3.58. The van der Waals surface area contributed by atoms with Crippen LogP contribution in [-0.2, 0) is 13.0 Å². The lowest BCUT2D eigenvalue weighted by Crippen LogP contribution is -2.27. The number of benzene rings is 1. The number of rotatable bonds is 10. The highest BCUT2D eigenvalue weighted by atomic mass is 15.1. The molecule has 118 valence electrons. The van der Waals surface area contributed by atoms with Crippen LogP contribution in [-0.4, -0.2) is 30.6 Å². The van der Waals surface area contributed by atoms with Crippen LogP contribution in [0.3, 0.4) is 0 Å². The average molecular weight is 288 g/mol. The summed E-state index contributed by atoms with van der Waals surface area (Å²) < 4.78 is 0. The maximum absolute atomic E-state index is 3.58. The Kier molecular flexibility index (Phi) is 6.72. The summed E-state index contributed by atoms with van der Waals surface area (Å²) in [5.74, 6) is 0.790. The fourth-order valence-electron chi connectivity index (χ4n) is 2.65. The monoisotopic (exact) mass is 288 g/mol. The van der Waals surface area contributed by atoms with E-state index in [1.54, 1.807) is 0 Å². The van der Waals surface area contributed by atoms with Crippen molar-refractivity contribution in [3.63, 3.8) is 0 Å². The average Bonchev–Trinajstić information content (AvgIpc) is 3.32. The van der Waals surface area contributed by atoms with Gasteiger partial charge >= 0.3 is 0 Å². The van der Waals surface area contributed by atoms with Crippen molar-refractivity contribution in [2.75, 3.05) is 19.6 Å². The summed E-state index contributed by atoms with van der Waals surface area (Å²) in [6.07, 6.45) is 5.18. The van der Waals surface area contributed by atoms with Crippen molar-refractivity contribution in [3.05, 3.63) is 35.4 Å². The van der Waals surface area contributed by atoms with E-state index >= 15 is 0 Å². The first-order valence-electron chi connectivity index (χ1n) is 8.74. The molecule has 0 aliphatic heterocycles. The number of hydrogen-bond acceptors (Lipinski definition) is 2. The molecule has 1 aliphatic rings. The molecule has 2 heteroatoms. The Bertz CT molecular complexity index is 395. The summed E-state index contributed by atoms with van der Waals surface area (Å²) in [4.78, 5) is 2.55. The van der Waals surface area contributed by atoms with E-state index in [1.165, 1.54) is 36.9 Å². The van der Waals surface area contributed by atoms with E-state index in [1.807, 2.05) is 0 Å². The molecule has 21 heavy (non-hydrogen) atoms. The minimum atomic E-state index is 0.790. The zero-order valence-electron chi connectivity index (χ0n) is 14.1. The topological polar surface area (TPSA) is 15.3 Å². The first kappa shape index (κ1) is 16.5. The third-order valence-electron chi connectivity index (χ3n) is 4.57. The largest absolute Gasteiger partial charge is 0.314 e. The predicted octanol–water partition coefficient (Wildman–Crippen LogP) is 3.85. The summed E-state index contributed by atoms with van der Waals surface area (Å²) in [7, 11) is 0. The van der Waals surface area contributed by atoms with E-state index < -0.39 is 0 Å². The molecule has 1 aromatic rings. The van der Waals surface area contributed by atoms with E-state index in [0.717, 1.165) is 38.0 Å². The van der Waals surface area contributed by atoms with Gasteiger partial charge in [0.05, 0.1) is 0 Å². The van der Waals surface area contributed by atoms with Gasteiger partial charge in [0.1, 0.15) is 0 Å². The Balaban J connectivity index is 1.76. The Morgan fingerprint density at radius 2 is 1.81 bits per heavy atom. The molecule has 1 aliphatic carbocycles. The van der Waals surface area contributed by atoms with Crippen molar-refractivity contribution in [3.8, 4) is 0 Å². The standard InChI is InChI=1S/C19H32N2/c1-4-16(3)14-21(5-2)15-18-8-6-17(7-9-18)12-13-20-19-10-11-19/h6-9,16,19-20H,4-5,10-15H2,1-3H3. The number of nitrogens with zero attached hydrogens (tertiary/aromatic N) is 1. The van der Waals surface area contributed by atoms with Crippen molar-refractivity contribution in [2.45, 2.75) is 59.0 Å². The molecule has 0 radical (unpaired) electrons. The molecule has 1 saturated carbocycles. The molecule has 2 rings (SSSR count). The lowest BCUT2D eigenvalue weighted by molar-refractivity contribution is 0.238. The molecular formula is C19H32N2. The highest BCUT2D eigenvalue weighted by molar-refractivity contribution is 5.22. The molecular weight excluding hydrogens is 256 g/mol. The fraction of sp³-hybridized carbons (Fsp3) is 0.684. The van der Waals surface area contributed by atoms with E-state index in [0.29, 0.717) is 0 Å². The van der Waals surface area contributed by atoms with Crippen molar-refractivity contribution in [1.29, 1.82) is 0 Å². The van der Waals surface area contributed by atoms with Gasteiger partial charge in [-0.2, -0.15) is 0 Å². The minimum Gasteiger partial charge on any atom is -0.314 e. The van der Waals surface area contributed by atoms with Gasteiger partial charge in [-0.05, 0) is 49.4 Å². The second kappa shape index (κ2) is 8.55. The van der Waals surface area contributed by atoms with Gasteiger partial charge in [-0.3, -0.25) is 4.90 Å². The molecule has 0 heterocycles. The minimum absolute atomic E-state index is 0.790. The van der Waals surface area contributed by atoms with Crippen LogP contribution in [0.25, 0.3) is 0 Å². The van der Waals surface area contributed by atoms with Crippen LogP contribution in [0, 0.1) is 5.92 Å². The smallest absolute Gasteiger partial charge is 0.0233 e. The Morgan fingerprint density at radius 1 is 1.14 bits per heavy atom. The van der Waals surface area contributed by atoms with Crippen LogP contribution in [0.4, 0.5) is 0 Å². The number of nitrogens with one attached hydrogen (secondary N) is 1. The Hall–Kier alpha value is -0.860. The molecule has 0 aromatic heterocycles. The Morgan fingerprint density at radius 3 is 2.38 bits per heavy atom. The molecule has 0 amide bonds. The van der Waals surface area contributed by atoms with Crippen molar-refractivity contribution >= 4 is 0 Å². The SMILES string of the molecule is CCC(C)CN(CC)Cc1ccc(CCNC2CC2)cc1. The third-order valence-corrected chi connectivity index (χ3v) is 4.57. The van der Waals surface area contributed by atoms with Gasteiger partial charge in [0.2, 0.25) is 0 Å². The highest BCUT2D eigenvalue weighted by Gasteiger charge is 2.19. The summed E-state index contributed by atoms with van der Waals surface area (Å²) >= 11 is 0. The van der Waals surface area contributed by atoms with Crippen LogP contribution in [0.1, 0.15) is 51.2 Å². The van der Waals surface area contributed by atoms with E-state index in [2.05, 4.69) is 55.3 Å². The molecule has 0 bridgehead atoms. The quantitative estimate of drug-likeness (QED) is 0.703. The lowest BCUT2D eigenvalue weighted by atomic mass is 10.1. The summed E-state index contributed by atoms with van der Waals surface area (Å²) in [5, 5.41) is 3.58. The van der Waals surface area contributed by atoms with E-state index in [-0.39, 0.29) is 0 Å². The van der Waals surface area contributed by atoms with Crippen LogP contribution < -0.4 is 5.32 Å². The molecule has 2 nitrogen and oxygen atoms in total. The second-order valence-electron chi connectivity index (χ2n) is 6.64. The molecule has 1 fully saturated rings. The second-order valence-corrected chi connectivity index (χ2v) is 6.64. The van der Waals surface area contributed by atoms with E-state index in [4.69, 9.17) is 0 Å². The van der Waals surface area contributed by atoms with Crippen LogP contribution in [0.5, 0.6) is 0 Å². The first-order chi connectivity index (χ1) is 10.2. The highest BCUT2D eigenvalue weighted by Crippen LogP contribution is 2.18. The summed E-state index contributed by atoms with van der Waals surface area (Å²) in [5.41, 5.74) is 2.90.